The molecule has 0 atom stereocenters. The van der Waals surface area contributed by atoms with Crippen molar-refractivity contribution >= 4 is 55.3 Å². The number of hydrogen-bond donors (Lipinski definition) is 2. The van der Waals surface area contributed by atoms with E-state index >= 15 is 0 Å². The molecule has 0 heterocycles. The van der Waals surface area contributed by atoms with E-state index in [9.17, 15) is 13.0 Å². The second kappa shape index (κ2) is 7.44. The van der Waals surface area contributed by atoms with Crippen molar-refractivity contribution in [1.29, 1.82) is 0 Å². The Balaban J connectivity index is 2.28. The smallest absolute Gasteiger partial charge is 0.295 e. The molecule has 0 saturated heterocycles. The topological polar surface area (TPSA) is 130 Å². The summed E-state index contributed by atoms with van der Waals surface area (Å²) in [5.41, 5.74) is 0.985. The van der Waals surface area contributed by atoms with Gasteiger partial charge in [-0.25, -0.2) is 0 Å². The summed E-state index contributed by atoms with van der Waals surface area (Å²) >= 11 is 3.34. The van der Waals surface area contributed by atoms with Gasteiger partial charge in [-0.15, -0.1) is 10.2 Å². The average molecular weight is 436 g/mol. The Hall–Kier alpha value is -2.43. The summed E-state index contributed by atoms with van der Waals surface area (Å²) in [5, 5.41) is 16.3. The molecular formula is C16H14BrN5O3S. The molecule has 0 aliphatic heterocycles. The molecule has 1 aliphatic rings. The number of benzene rings is 2. The Morgan fingerprint density at radius 1 is 1.04 bits per heavy atom. The fraction of sp³-hybridized carbons (Fsp3) is 0.125. The Labute approximate surface area is 157 Å². The van der Waals surface area contributed by atoms with Crippen LogP contribution in [0.3, 0.4) is 0 Å². The number of nitrogens with two attached hydrogens (primary N) is 1. The van der Waals surface area contributed by atoms with E-state index in [1.807, 2.05) is 12.1 Å². The van der Waals surface area contributed by atoms with Crippen LogP contribution >= 0.6 is 15.9 Å². The van der Waals surface area contributed by atoms with Crippen LogP contribution in [-0.4, -0.2) is 13.0 Å². The first-order chi connectivity index (χ1) is 12.4. The first-order valence-corrected chi connectivity index (χ1v) is 9.76. The summed E-state index contributed by atoms with van der Waals surface area (Å²) in [7, 11) is -4.45. The van der Waals surface area contributed by atoms with Crippen LogP contribution in [0.2, 0.25) is 0 Å². The zero-order chi connectivity index (χ0) is 18.7. The van der Waals surface area contributed by atoms with Gasteiger partial charge >= 0.3 is 0 Å². The quantitative estimate of drug-likeness (QED) is 0.329. The highest BCUT2D eigenvalue weighted by atomic mass is 79.9. The molecule has 3 rings (SSSR count). The molecule has 0 amide bonds. The molecule has 0 bridgehead atoms. The Kier molecular flexibility index (Phi) is 5.25. The third-order valence-corrected chi connectivity index (χ3v) is 5.09. The van der Waals surface area contributed by atoms with Gasteiger partial charge in [0, 0.05) is 14.9 Å². The highest BCUT2D eigenvalue weighted by Gasteiger charge is 2.19. The summed E-state index contributed by atoms with van der Waals surface area (Å²) < 4.78 is 34.0. The molecule has 0 saturated carbocycles. The van der Waals surface area contributed by atoms with Gasteiger partial charge in [0.05, 0.1) is 5.69 Å². The molecule has 8 nitrogen and oxygen atoms in total. The van der Waals surface area contributed by atoms with Crippen molar-refractivity contribution in [3.05, 3.63) is 45.2 Å². The number of hydrogen-bond acceptors (Lipinski definition) is 6. The van der Waals surface area contributed by atoms with Crippen LogP contribution < -0.4 is 16.3 Å². The zero-order valence-electron chi connectivity index (χ0n) is 13.4. The first kappa shape index (κ1) is 18.4. The van der Waals surface area contributed by atoms with Gasteiger partial charge in [0.25, 0.3) is 10.1 Å². The van der Waals surface area contributed by atoms with Crippen molar-refractivity contribution in [3.8, 4) is 0 Å². The van der Waals surface area contributed by atoms with E-state index in [2.05, 4.69) is 36.5 Å². The molecule has 134 valence electrons. The minimum atomic E-state index is -4.45. The van der Waals surface area contributed by atoms with Gasteiger partial charge < -0.3 is 5.84 Å². The van der Waals surface area contributed by atoms with Crippen molar-refractivity contribution < 1.29 is 13.0 Å². The number of nitrogens with zero attached hydrogens (tertiary/aromatic N) is 4. The second-order valence-electron chi connectivity index (χ2n) is 5.43. The van der Waals surface area contributed by atoms with Crippen LogP contribution in [0.15, 0.2) is 60.3 Å². The van der Waals surface area contributed by atoms with E-state index in [1.165, 1.54) is 6.07 Å². The molecule has 0 radical (unpaired) electrons. The lowest BCUT2D eigenvalue weighted by Crippen LogP contribution is -2.32. The van der Waals surface area contributed by atoms with Crippen LogP contribution in [-0.2, 0) is 10.1 Å². The number of rotatable bonds is 4. The monoisotopic (exact) mass is 435 g/mol. The van der Waals surface area contributed by atoms with Crippen LogP contribution in [0.4, 0.5) is 17.1 Å². The van der Waals surface area contributed by atoms with E-state index in [-0.39, 0.29) is 10.6 Å². The lowest BCUT2D eigenvalue weighted by molar-refractivity contribution is 0.482. The van der Waals surface area contributed by atoms with Gasteiger partial charge in [0.2, 0.25) is 0 Å². The molecule has 3 N–H and O–H groups in total. The summed E-state index contributed by atoms with van der Waals surface area (Å²) in [4.78, 5) is -0.248. The predicted molar refractivity (Wildman–Crippen MR) is 101 cm³/mol. The van der Waals surface area contributed by atoms with Crippen LogP contribution in [0.25, 0.3) is 12.2 Å². The van der Waals surface area contributed by atoms with E-state index in [0.29, 0.717) is 34.7 Å². The fourth-order valence-electron chi connectivity index (χ4n) is 2.64. The molecule has 26 heavy (non-hydrogen) atoms. The summed E-state index contributed by atoms with van der Waals surface area (Å²) in [6.45, 7) is 0. The van der Waals surface area contributed by atoms with Crippen molar-refractivity contribution in [2.45, 2.75) is 17.7 Å². The van der Waals surface area contributed by atoms with E-state index in [1.54, 1.807) is 24.3 Å². The normalized spacial score (nSPS) is 14.2. The SMILES string of the molecule is NN=Nc1c(/N=N/c2cccc(Br)c2)cc(S(=O)(=O)O)c2c1=CCCC=2. The van der Waals surface area contributed by atoms with Gasteiger partial charge in [0.1, 0.15) is 16.3 Å². The Bertz CT molecular complexity index is 1140. The minimum Gasteiger partial charge on any atom is -0.305 e. The molecule has 0 aromatic heterocycles. The maximum absolute atomic E-state index is 11.8. The molecule has 0 unspecified atom stereocenters. The molecular weight excluding hydrogens is 422 g/mol. The van der Waals surface area contributed by atoms with E-state index in [0.717, 1.165) is 4.47 Å². The third kappa shape index (κ3) is 3.87. The van der Waals surface area contributed by atoms with E-state index < -0.39 is 10.1 Å². The number of azo groups is 1. The standard InChI is InChI=1S/C16H14BrN5O3S/c17-10-4-3-5-11(8-10)19-20-14-9-15(26(23,24)25)12-6-1-2-7-13(12)16(14)21-22-18/h3-9H,1-2H2,(H2,18,21)(H,23,24,25)/b20-19+. The highest BCUT2D eigenvalue weighted by Crippen LogP contribution is 2.29. The third-order valence-electron chi connectivity index (χ3n) is 3.70. The average Bonchev–Trinajstić information content (AvgIpc) is 2.60. The van der Waals surface area contributed by atoms with E-state index in [4.69, 9.17) is 5.84 Å². The molecule has 2 aromatic rings. The largest absolute Gasteiger partial charge is 0.305 e. The molecule has 0 fully saturated rings. The number of halogens is 1. The first-order valence-electron chi connectivity index (χ1n) is 7.53. The van der Waals surface area contributed by atoms with Gasteiger partial charge in [-0.3, -0.25) is 4.55 Å². The Morgan fingerprint density at radius 3 is 2.42 bits per heavy atom. The molecule has 10 heteroatoms. The minimum absolute atomic E-state index is 0.136. The lowest BCUT2D eigenvalue weighted by atomic mass is 10.1. The van der Waals surface area contributed by atoms with Crippen molar-refractivity contribution in [1.82, 2.24) is 0 Å². The van der Waals surface area contributed by atoms with Crippen LogP contribution in [0.5, 0.6) is 0 Å². The predicted octanol–water partition coefficient (Wildman–Crippen LogP) is 3.42. The van der Waals surface area contributed by atoms with Crippen LogP contribution in [0, 0.1) is 0 Å². The number of fused-ring (bicyclic) bond motifs is 1. The fourth-order valence-corrected chi connectivity index (χ4v) is 3.76. The summed E-state index contributed by atoms with van der Waals surface area (Å²) in [6.07, 6.45) is 4.88. The summed E-state index contributed by atoms with van der Waals surface area (Å²) in [6, 6.07) is 8.33. The molecule has 0 spiro atoms. The summed E-state index contributed by atoms with van der Waals surface area (Å²) in [5.74, 6) is 5.20. The maximum atomic E-state index is 11.8. The van der Waals surface area contributed by atoms with Gasteiger partial charge in [-0.2, -0.15) is 13.5 Å². The van der Waals surface area contributed by atoms with Crippen LogP contribution in [0.1, 0.15) is 12.8 Å². The van der Waals surface area contributed by atoms with Crippen molar-refractivity contribution in [3.63, 3.8) is 0 Å². The Morgan fingerprint density at radius 2 is 1.77 bits per heavy atom. The second-order valence-corrected chi connectivity index (χ2v) is 7.73. The van der Waals surface area contributed by atoms with Crippen molar-refractivity contribution in [2.24, 2.45) is 26.4 Å². The highest BCUT2D eigenvalue weighted by molar-refractivity contribution is 9.10. The van der Waals surface area contributed by atoms with Crippen molar-refractivity contribution in [2.75, 3.05) is 0 Å². The van der Waals surface area contributed by atoms with Gasteiger partial charge in [0.15, 0.2) is 0 Å². The zero-order valence-corrected chi connectivity index (χ0v) is 15.8. The maximum Gasteiger partial charge on any atom is 0.295 e. The lowest BCUT2D eigenvalue weighted by Gasteiger charge is -2.09. The van der Waals surface area contributed by atoms with Gasteiger partial charge in [-0.1, -0.05) is 39.4 Å². The molecule has 2 aromatic carbocycles. The van der Waals surface area contributed by atoms with Gasteiger partial charge in [-0.05, 0) is 37.1 Å². The molecule has 1 aliphatic carbocycles.